The SMILES string of the molecule is CCOC(=O)c1cccc2c1NC1(CCOCC1)C2. The minimum absolute atomic E-state index is 0.0726. The third kappa shape index (κ3) is 2.21. The van der Waals surface area contributed by atoms with Crippen LogP contribution in [0.1, 0.15) is 35.7 Å². The van der Waals surface area contributed by atoms with Gasteiger partial charge in [-0.1, -0.05) is 12.1 Å². The molecular formula is C15H19NO3. The zero-order valence-corrected chi connectivity index (χ0v) is 11.2. The average Bonchev–Trinajstić information content (AvgIpc) is 2.76. The predicted octanol–water partition coefficient (Wildman–Crippen LogP) is 2.38. The zero-order valence-electron chi connectivity index (χ0n) is 11.2. The second kappa shape index (κ2) is 4.85. The minimum Gasteiger partial charge on any atom is -0.462 e. The van der Waals surface area contributed by atoms with E-state index in [0.29, 0.717) is 12.2 Å². The number of carbonyl (C=O) groups is 1. The number of para-hydroxylation sites is 1. The zero-order chi connectivity index (χ0) is 13.3. The Bertz CT molecular complexity index is 492. The molecule has 2 heterocycles. The molecule has 1 spiro atoms. The lowest BCUT2D eigenvalue weighted by Gasteiger charge is -2.34. The number of anilines is 1. The number of ether oxygens (including phenoxy) is 2. The molecule has 1 fully saturated rings. The Morgan fingerprint density at radius 2 is 2.21 bits per heavy atom. The van der Waals surface area contributed by atoms with E-state index in [-0.39, 0.29) is 11.5 Å². The second-order valence-electron chi connectivity index (χ2n) is 5.25. The molecule has 1 aromatic rings. The van der Waals surface area contributed by atoms with Crippen molar-refractivity contribution in [1.82, 2.24) is 0 Å². The van der Waals surface area contributed by atoms with Crippen LogP contribution in [-0.4, -0.2) is 31.3 Å². The molecule has 1 N–H and O–H groups in total. The van der Waals surface area contributed by atoms with Crippen molar-refractivity contribution in [3.63, 3.8) is 0 Å². The Kier molecular flexibility index (Phi) is 3.19. The van der Waals surface area contributed by atoms with Gasteiger partial charge in [-0.2, -0.15) is 0 Å². The number of fused-ring (bicyclic) bond motifs is 1. The molecule has 0 amide bonds. The van der Waals surface area contributed by atoms with E-state index >= 15 is 0 Å². The van der Waals surface area contributed by atoms with Crippen molar-refractivity contribution in [2.75, 3.05) is 25.1 Å². The van der Waals surface area contributed by atoms with Gasteiger partial charge in [-0.15, -0.1) is 0 Å². The summed E-state index contributed by atoms with van der Waals surface area (Å²) >= 11 is 0. The van der Waals surface area contributed by atoms with Crippen LogP contribution in [0.2, 0.25) is 0 Å². The lowest BCUT2D eigenvalue weighted by Crippen LogP contribution is -2.42. The van der Waals surface area contributed by atoms with Gasteiger partial charge in [-0.05, 0) is 37.8 Å². The van der Waals surface area contributed by atoms with Gasteiger partial charge in [0.2, 0.25) is 0 Å². The molecule has 0 saturated carbocycles. The molecule has 2 aliphatic rings. The van der Waals surface area contributed by atoms with Crippen molar-refractivity contribution in [3.05, 3.63) is 29.3 Å². The van der Waals surface area contributed by atoms with Gasteiger partial charge < -0.3 is 14.8 Å². The van der Waals surface area contributed by atoms with E-state index < -0.39 is 0 Å². The minimum atomic E-state index is -0.240. The molecule has 4 nitrogen and oxygen atoms in total. The molecular weight excluding hydrogens is 242 g/mol. The number of carbonyl (C=O) groups excluding carboxylic acids is 1. The van der Waals surface area contributed by atoms with Crippen LogP contribution in [0.3, 0.4) is 0 Å². The molecule has 102 valence electrons. The largest absolute Gasteiger partial charge is 0.462 e. The van der Waals surface area contributed by atoms with Gasteiger partial charge in [0.1, 0.15) is 0 Å². The summed E-state index contributed by atoms with van der Waals surface area (Å²) in [6, 6.07) is 5.86. The van der Waals surface area contributed by atoms with Gasteiger partial charge in [-0.3, -0.25) is 0 Å². The number of rotatable bonds is 2. The summed E-state index contributed by atoms with van der Waals surface area (Å²) in [4.78, 5) is 12.0. The van der Waals surface area contributed by atoms with Crippen LogP contribution in [0.4, 0.5) is 5.69 Å². The molecule has 2 aliphatic heterocycles. The molecule has 1 aromatic carbocycles. The maximum atomic E-state index is 12.0. The first kappa shape index (κ1) is 12.5. The maximum Gasteiger partial charge on any atom is 0.340 e. The Morgan fingerprint density at radius 3 is 2.95 bits per heavy atom. The van der Waals surface area contributed by atoms with E-state index in [1.165, 1.54) is 5.56 Å². The first-order chi connectivity index (χ1) is 9.24. The van der Waals surface area contributed by atoms with Gasteiger partial charge in [0.15, 0.2) is 0 Å². The number of hydrogen-bond acceptors (Lipinski definition) is 4. The number of hydrogen-bond donors (Lipinski definition) is 1. The van der Waals surface area contributed by atoms with Crippen molar-refractivity contribution >= 4 is 11.7 Å². The van der Waals surface area contributed by atoms with Crippen LogP contribution >= 0.6 is 0 Å². The summed E-state index contributed by atoms with van der Waals surface area (Å²) in [6.45, 7) is 3.81. The van der Waals surface area contributed by atoms with Crippen molar-refractivity contribution in [2.45, 2.75) is 31.7 Å². The first-order valence-corrected chi connectivity index (χ1v) is 6.89. The van der Waals surface area contributed by atoms with Crippen molar-refractivity contribution in [3.8, 4) is 0 Å². The number of esters is 1. The fraction of sp³-hybridized carbons (Fsp3) is 0.533. The highest BCUT2D eigenvalue weighted by Crippen LogP contribution is 2.40. The maximum absolute atomic E-state index is 12.0. The van der Waals surface area contributed by atoms with E-state index in [4.69, 9.17) is 9.47 Å². The van der Waals surface area contributed by atoms with Crippen LogP contribution < -0.4 is 5.32 Å². The van der Waals surface area contributed by atoms with E-state index in [0.717, 1.165) is 38.2 Å². The number of benzene rings is 1. The highest BCUT2D eigenvalue weighted by atomic mass is 16.5. The Labute approximate surface area is 113 Å². The van der Waals surface area contributed by atoms with Gasteiger partial charge in [0, 0.05) is 18.8 Å². The van der Waals surface area contributed by atoms with Crippen LogP contribution in [0.25, 0.3) is 0 Å². The third-order valence-corrected chi connectivity index (χ3v) is 4.02. The van der Waals surface area contributed by atoms with Gasteiger partial charge in [0.25, 0.3) is 0 Å². The fourth-order valence-electron chi connectivity index (χ4n) is 3.01. The Balaban J connectivity index is 1.90. The fourth-order valence-corrected chi connectivity index (χ4v) is 3.01. The summed E-state index contributed by atoms with van der Waals surface area (Å²) in [5.74, 6) is -0.240. The predicted molar refractivity (Wildman–Crippen MR) is 72.5 cm³/mol. The Morgan fingerprint density at radius 1 is 1.42 bits per heavy atom. The van der Waals surface area contributed by atoms with E-state index in [1.54, 1.807) is 0 Å². The topological polar surface area (TPSA) is 47.6 Å². The summed E-state index contributed by atoms with van der Waals surface area (Å²) in [5.41, 5.74) is 2.90. The lowest BCUT2D eigenvalue weighted by molar-refractivity contribution is 0.0527. The normalized spacial score (nSPS) is 19.8. The quantitative estimate of drug-likeness (QED) is 0.830. The molecule has 0 aromatic heterocycles. The molecule has 0 unspecified atom stereocenters. The van der Waals surface area contributed by atoms with Gasteiger partial charge in [0.05, 0.1) is 17.9 Å². The van der Waals surface area contributed by atoms with E-state index in [9.17, 15) is 4.79 Å². The lowest BCUT2D eigenvalue weighted by atomic mass is 9.87. The highest BCUT2D eigenvalue weighted by molar-refractivity contribution is 5.97. The van der Waals surface area contributed by atoms with Crippen LogP contribution in [0, 0.1) is 0 Å². The molecule has 19 heavy (non-hydrogen) atoms. The molecule has 0 aliphatic carbocycles. The summed E-state index contributed by atoms with van der Waals surface area (Å²) in [5, 5.41) is 3.58. The highest BCUT2D eigenvalue weighted by Gasteiger charge is 2.39. The third-order valence-electron chi connectivity index (χ3n) is 4.02. The standard InChI is InChI=1S/C15H19NO3/c1-2-19-14(17)12-5-3-4-11-10-15(16-13(11)12)6-8-18-9-7-15/h3-5,16H,2,6-10H2,1H3. The summed E-state index contributed by atoms with van der Waals surface area (Å²) in [6.07, 6.45) is 2.95. The van der Waals surface area contributed by atoms with Crippen LogP contribution in [0.15, 0.2) is 18.2 Å². The monoisotopic (exact) mass is 261 g/mol. The molecule has 4 heteroatoms. The second-order valence-corrected chi connectivity index (χ2v) is 5.25. The number of nitrogens with one attached hydrogen (secondary N) is 1. The summed E-state index contributed by atoms with van der Waals surface area (Å²) < 4.78 is 10.6. The Hall–Kier alpha value is -1.55. The van der Waals surface area contributed by atoms with Gasteiger partial charge >= 0.3 is 5.97 Å². The molecule has 3 rings (SSSR count). The van der Waals surface area contributed by atoms with Gasteiger partial charge in [-0.25, -0.2) is 4.79 Å². The van der Waals surface area contributed by atoms with Crippen molar-refractivity contribution in [1.29, 1.82) is 0 Å². The first-order valence-electron chi connectivity index (χ1n) is 6.89. The van der Waals surface area contributed by atoms with Crippen molar-refractivity contribution < 1.29 is 14.3 Å². The molecule has 0 bridgehead atoms. The average molecular weight is 261 g/mol. The van der Waals surface area contributed by atoms with Crippen LogP contribution in [-0.2, 0) is 15.9 Å². The molecule has 0 radical (unpaired) electrons. The van der Waals surface area contributed by atoms with E-state index in [1.807, 2.05) is 19.1 Å². The smallest absolute Gasteiger partial charge is 0.340 e. The van der Waals surface area contributed by atoms with Crippen molar-refractivity contribution in [2.24, 2.45) is 0 Å². The summed E-state index contributed by atoms with van der Waals surface area (Å²) in [7, 11) is 0. The van der Waals surface area contributed by atoms with E-state index in [2.05, 4.69) is 11.4 Å². The van der Waals surface area contributed by atoms with Crippen LogP contribution in [0.5, 0.6) is 0 Å². The molecule has 0 atom stereocenters. The molecule has 1 saturated heterocycles.